The topological polar surface area (TPSA) is 76.7 Å². The number of carbonyl (C=O) groups is 2. The minimum atomic E-state index is 0.0247. The van der Waals surface area contributed by atoms with E-state index in [1.165, 1.54) is 0 Å². The van der Waals surface area contributed by atoms with E-state index in [2.05, 4.69) is 10.6 Å². The lowest BCUT2D eigenvalue weighted by Crippen LogP contribution is -2.11. The van der Waals surface area contributed by atoms with E-state index < -0.39 is 0 Å². The van der Waals surface area contributed by atoms with E-state index in [-0.39, 0.29) is 24.0 Å². The van der Waals surface area contributed by atoms with E-state index in [1.54, 1.807) is 0 Å². The molecule has 0 aliphatic rings. The fourth-order valence-corrected chi connectivity index (χ4v) is 3.33. The Kier molecular flexibility index (Phi) is 11.3. The smallest absolute Gasteiger partial charge is 0.224 e. The lowest BCUT2D eigenvalue weighted by molar-refractivity contribution is -0.117. The summed E-state index contributed by atoms with van der Waals surface area (Å²) in [6.07, 6.45) is 5.92. The Bertz CT molecular complexity index is 774. The second-order valence-corrected chi connectivity index (χ2v) is 8.75. The summed E-state index contributed by atoms with van der Waals surface area (Å²) in [6.45, 7) is 7.92. The van der Waals surface area contributed by atoms with Crippen LogP contribution in [0.3, 0.4) is 0 Å². The molecule has 2 aromatic rings. The molecule has 33 heavy (non-hydrogen) atoms. The van der Waals surface area contributed by atoms with Gasteiger partial charge in [-0.2, -0.15) is 0 Å². The van der Waals surface area contributed by atoms with Crippen molar-refractivity contribution in [3.8, 4) is 11.5 Å². The average Bonchev–Trinajstić information content (AvgIpc) is 2.75. The van der Waals surface area contributed by atoms with Crippen molar-refractivity contribution in [1.82, 2.24) is 0 Å². The highest BCUT2D eigenvalue weighted by Gasteiger charge is 2.05. The Morgan fingerprint density at radius 2 is 0.939 bits per heavy atom. The van der Waals surface area contributed by atoms with Gasteiger partial charge >= 0.3 is 0 Å². The predicted molar refractivity (Wildman–Crippen MR) is 134 cm³/mol. The molecule has 0 aliphatic carbocycles. The maximum absolute atomic E-state index is 12.1. The van der Waals surface area contributed by atoms with Gasteiger partial charge in [0, 0.05) is 24.2 Å². The van der Waals surface area contributed by atoms with Gasteiger partial charge in [-0.15, -0.1) is 0 Å². The summed E-state index contributed by atoms with van der Waals surface area (Å²) in [5, 5.41) is 5.84. The van der Waals surface area contributed by atoms with Crippen LogP contribution >= 0.6 is 0 Å². The van der Waals surface area contributed by atoms with Crippen molar-refractivity contribution >= 4 is 23.2 Å². The molecule has 0 aromatic heterocycles. The Hall–Kier alpha value is -3.02. The van der Waals surface area contributed by atoms with Gasteiger partial charge in [-0.1, -0.05) is 19.3 Å². The predicted octanol–water partition coefficient (Wildman–Crippen LogP) is 6.57. The third kappa shape index (κ3) is 11.4. The fourth-order valence-electron chi connectivity index (χ4n) is 3.33. The standard InChI is InChI=1S/C27H38N2O4/c1-20(2)32-24-16-12-22(13-17-24)28-26(30)10-8-6-5-7-9-11-27(31)29-23-14-18-25(19-15-23)33-21(3)4/h12-21H,5-11H2,1-4H3,(H,28,30)(H,29,31). The third-order valence-electron chi connectivity index (χ3n) is 4.83. The number of hydrogen-bond acceptors (Lipinski definition) is 4. The largest absolute Gasteiger partial charge is 0.491 e. The zero-order valence-corrected chi connectivity index (χ0v) is 20.4. The number of hydrogen-bond donors (Lipinski definition) is 2. The van der Waals surface area contributed by atoms with E-state index in [9.17, 15) is 9.59 Å². The molecule has 0 heterocycles. The van der Waals surface area contributed by atoms with Crippen LogP contribution in [0.2, 0.25) is 0 Å². The van der Waals surface area contributed by atoms with Crippen LogP contribution in [-0.2, 0) is 9.59 Å². The molecule has 0 bridgehead atoms. The van der Waals surface area contributed by atoms with Crippen molar-refractivity contribution in [2.24, 2.45) is 0 Å². The molecular formula is C27H38N2O4. The van der Waals surface area contributed by atoms with Crippen LogP contribution in [0.4, 0.5) is 11.4 Å². The van der Waals surface area contributed by atoms with Gasteiger partial charge in [0.1, 0.15) is 11.5 Å². The molecule has 2 N–H and O–H groups in total. The molecule has 0 saturated heterocycles. The lowest BCUT2D eigenvalue weighted by atomic mass is 10.1. The number of unbranched alkanes of at least 4 members (excludes halogenated alkanes) is 4. The molecule has 0 atom stereocenters. The molecule has 0 saturated carbocycles. The van der Waals surface area contributed by atoms with E-state index in [1.807, 2.05) is 76.2 Å². The second-order valence-electron chi connectivity index (χ2n) is 8.75. The summed E-state index contributed by atoms with van der Waals surface area (Å²) in [6, 6.07) is 14.9. The molecular weight excluding hydrogens is 416 g/mol. The Labute approximate surface area is 198 Å². The Balaban J connectivity index is 1.52. The highest BCUT2D eigenvalue weighted by molar-refractivity contribution is 5.91. The number of carbonyl (C=O) groups excluding carboxylic acids is 2. The van der Waals surface area contributed by atoms with Crippen LogP contribution in [-0.4, -0.2) is 24.0 Å². The number of anilines is 2. The molecule has 0 aliphatic heterocycles. The van der Waals surface area contributed by atoms with Crippen molar-refractivity contribution < 1.29 is 19.1 Å². The first kappa shape index (κ1) is 26.2. The van der Waals surface area contributed by atoms with Crippen molar-refractivity contribution in [3.05, 3.63) is 48.5 Å². The molecule has 0 unspecified atom stereocenters. The van der Waals surface area contributed by atoms with E-state index in [4.69, 9.17) is 9.47 Å². The summed E-state index contributed by atoms with van der Waals surface area (Å²) < 4.78 is 11.2. The van der Waals surface area contributed by atoms with Gasteiger partial charge in [0.05, 0.1) is 12.2 Å². The van der Waals surface area contributed by atoms with Gasteiger partial charge in [-0.25, -0.2) is 0 Å². The normalized spacial score (nSPS) is 10.8. The molecule has 6 heteroatoms. The van der Waals surface area contributed by atoms with Crippen molar-refractivity contribution in [3.63, 3.8) is 0 Å². The summed E-state index contributed by atoms with van der Waals surface area (Å²) >= 11 is 0. The molecule has 2 rings (SSSR count). The fraction of sp³-hybridized carbons (Fsp3) is 0.481. The van der Waals surface area contributed by atoms with Crippen LogP contribution < -0.4 is 20.1 Å². The maximum atomic E-state index is 12.1. The first-order valence-electron chi connectivity index (χ1n) is 11.9. The summed E-state index contributed by atoms with van der Waals surface area (Å²) in [7, 11) is 0. The molecule has 0 spiro atoms. The Morgan fingerprint density at radius 3 is 1.27 bits per heavy atom. The Morgan fingerprint density at radius 1 is 0.606 bits per heavy atom. The van der Waals surface area contributed by atoms with Crippen molar-refractivity contribution in [2.45, 2.75) is 84.8 Å². The number of rotatable bonds is 14. The highest BCUT2D eigenvalue weighted by atomic mass is 16.5. The maximum Gasteiger partial charge on any atom is 0.224 e. The summed E-state index contributed by atoms with van der Waals surface area (Å²) in [5.41, 5.74) is 1.56. The molecule has 0 radical (unpaired) electrons. The number of nitrogens with one attached hydrogen (secondary N) is 2. The van der Waals surface area contributed by atoms with Gasteiger partial charge in [-0.3, -0.25) is 9.59 Å². The minimum Gasteiger partial charge on any atom is -0.491 e. The average molecular weight is 455 g/mol. The van der Waals surface area contributed by atoms with E-state index in [0.717, 1.165) is 55.0 Å². The van der Waals surface area contributed by atoms with Gasteiger partial charge < -0.3 is 20.1 Å². The molecule has 180 valence electrons. The number of benzene rings is 2. The van der Waals surface area contributed by atoms with Crippen LogP contribution in [0.15, 0.2) is 48.5 Å². The third-order valence-corrected chi connectivity index (χ3v) is 4.83. The first-order chi connectivity index (χ1) is 15.8. The second kappa shape index (κ2) is 14.2. The van der Waals surface area contributed by atoms with E-state index >= 15 is 0 Å². The van der Waals surface area contributed by atoms with E-state index in [0.29, 0.717) is 12.8 Å². The quantitative estimate of drug-likeness (QED) is 0.317. The molecule has 6 nitrogen and oxygen atoms in total. The van der Waals surface area contributed by atoms with Crippen LogP contribution in [0.5, 0.6) is 11.5 Å². The van der Waals surface area contributed by atoms with Crippen molar-refractivity contribution in [1.29, 1.82) is 0 Å². The van der Waals surface area contributed by atoms with Gasteiger partial charge in [0.15, 0.2) is 0 Å². The number of amides is 2. The van der Waals surface area contributed by atoms with Crippen molar-refractivity contribution in [2.75, 3.05) is 10.6 Å². The first-order valence-corrected chi connectivity index (χ1v) is 11.9. The van der Waals surface area contributed by atoms with Crippen LogP contribution in [0.25, 0.3) is 0 Å². The molecule has 2 aromatic carbocycles. The van der Waals surface area contributed by atoms with Crippen LogP contribution in [0, 0.1) is 0 Å². The SMILES string of the molecule is CC(C)Oc1ccc(NC(=O)CCCCCCCC(=O)Nc2ccc(OC(C)C)cc2)cc1. The molecule has 2 amide bonds. The molecule has 0 fully saturated rings. The van der Waals surface area contributed by atoms with Gasteiger partial charge in [0.2, 0.25) is 11.8 Å². The summed E-state index contributed by atoms with van der Waals surface area (Å²) in [5.74, 6) is 1.64. The zero-order chi connectivity index (χ0) is 24.1. The number of ether oxygens (including phenoxy) is 2. The summed E-state index contributed by atoms with van der Waals surface area (Å²) in [4.78, 5) is 24.2. The zero-order valence-electron chi connectivity index (χ0n) is 20.4. The monoisotopic (exact) mass is 454 g/mol. The van der Waals surface area contributed by atoms with Gasteiger partial charge in [-0.05, 0) is 89.1 Å². The van der Waals surface area contributed by atoms with Gasteiger partial charge in [0.25, 0.3) is 0 Å². The minimum absolute atomic E-state index is 0.0247. The highest BCUT2D eigenvalue weighted by Crippen LogP contribution is 2.19. The lowest BCUT2D eigenvalue weighted by Gasteiger charge is -2.11. The van der Waals surface area contributed by atoms with Crippen LogP contribution in [0.1, 0.15) is 72.6 Å².